The maximum atomic E-state index is 11.7. The van der Waals surface area contributed by atoms with Gasteiger partial charge in [0.15, 0.2) is 0 Å². The normalized spacial score (nSPS) is 10.3. The summed E-state index contributed by atoms with van der Waals surface area (Å²) in [6.45, 7) is 0.448. The smallest absolute Gasteiger partial charge is 0.497 e. The van der Waals surface area contributed by atoms with Gasteiger partial charge in [-0.25, -0.2) is 0 Å². The van der Waals surface area contributed by atoms with Gasteiger partial charge >= 0.3 is 8.25 Å². The molecule has 0 aliphatic heterocycles. The summed E-state index contributed by atoms with van der Waals surface area (Å²) in [5.74, 6) is 1.53. The molecule has 0 fully saturated rings. The standard InChI is InChI=1S/C16H18O5P/c1-18-15-7-3-13(4-8-15)11-20-22(17)21-12-14-5-9-16(19-2)10-6-14/h3-10H,11-12H2,1-2H3/q+1. The minimum absolute atomic E-state index is 0.224. The highest BCUT2D eigenvalue weighted by atomic mass is 31.1. The Morgan fingerprint density at radius 1 is 0.727 bits per heavy atom. The molecule has 0 amide bonds. The zero-order valence-corrected chi connectivity index (χ0v) is 13.4. The van der Waals surface area contributed by atoms with Crippen LogP contribution < -0.4 is 9.47 Å². The van der Waals surface area contributed by atoms with E-state index >= 15 is 0 Å². The topological polar surface area (TPSA) is 54.0 Å². The molecule has 5 nitrogen and oxygen atoms in total. The van der Waals surface area contributed by atoms with E-state index in [4.69, 9.17) is 18.5 Å². The van der Waals surface area contributed by atoms with E-state index in [1.54, 1.807) is 14.2 Å². The van der Waals surface area contributed by atoms with Gasteiger partial charge < -0.3 is 9.47 Å². The van der Waals surface area contributed by atoms with Gasteiger partial charge in [-0.05, 0) is 35.4 Å². The Labute approximate surface area is 130 Å². The molecule has 116 valence electrons. The molecule has 0 heterocycles. The van der Waals surface area contributed by atoms with Crippen molar-refractivity contribution in [3.8, 4) is 11.5 Å². The largest absolute Gasteiger partial charge is 0.698 e. The summed E-state index contributed by atoms with van der Waals surface area (Å²) in [6.07, 6.45) is 0. The SMILES string of the molecule is COc1ccc(CO[P+](=O)OCc2ccc(OC)cc2)cc1. The summed E-state index contributed by atoms with van der Waals surface area (Å²) in [4.78, 5) is 0. The van der Waals surface area contributed by atoms with Crippen LogP contribution in [0.15, 0.2) is 48.5 Å². The molecule has 0 spiro atoms. The summed E-state index contributed by atoms with van der Waals surface area (Å²) in [5.41, 5.74) is 1.80. The van der Waals surface area contributed by atoms with E-state index in [2.05, 4.69) is 0 Å². The lowest BCUT2D eigenvalue weighted by atomic mass is 10.2. The number of benzene rings is 2. The molecule has 0 radical (unpaired) electrons. The van der Waals surface area contributed by atoms with Gasteiger partial charge in [-0.2, -0.15) is 0 Å². The molecule has 0 unspecified atom stereocenters. The van der Waals surface area contributed by atoms with Gasteiger partial charge in [0.05, 0.1) is 14.2 Å². The van der Waals surface area contributed by atoms with Crippen molar-refractivity contribution in [3.05, 3.63) is 59.7 Å². The molecular formula is C16H18O5P+. The predicted molar refractivity (Wildman–Crippen MR) is 83.2 cm³/mol. The van der Waals surface area contributed by atoms with Crippen LogP contribution in [0.25, 0.3) is 0 Å². The zero-order chi connectivity index (χ0) is 15.8. The molecule has 0 aliphatic rings. The number of rotatable bonds is 8. The molecule has 2 aromatic rings. The first-order chi connectivity index (χ1) is 10.7. The van der Waals surface area contributed by atoms with Crippen LogP contribution in [0.2, 0.25) is 0 Å². The Morgan fingerprint density at radius 3 is 1.41 bits per heavy atom. The third-order valence-electron chi connectivity index (χ3n) is 2.99. The van der Waals surface area contributed by atoms with Gasteiger partial charge in [-0.15, -0.1) is 9.05 Å². The lowest BCUT2D eigenvalue weighted by Crippen LogP contribution is -1.91. The molecule has 0 N–H and O–H groups in total. The molecule has 0 aliphatic carbocycles. The molecule has 6 heteroatoms. The van der Waals surface area contributed by atoms with E-state index in [0.29, 0.717) is 0 Å². The first-order valence-corrected chi connectivity index (χ1v) is 7.80. The highest BCUT2D eigenvalue weighted by Crippen LogP contribution is 2.28. The van der Waals surface area contributed by atoms with Gasteiger partial charge in [0.25, 0.3) is 0 Å². The van der Waals surface area contributed by atoms with E-state index in [0.717, 1.165) is 22.6 Å². The third-order valence-corrected chi connectivity index (χ3v) is 3.67. The van der Waals surface area contributed by atoms with Crippen LogP contribution in [0.4, 0.5) is 0 Å². The van der Waals surface area contributed by atoms with Crippen LogP contribution >= 0.6 is 8.25 Å². The van der Waals surface area contributed by atoms with Crippen molar-refractivity contribution < 1.29 is 23.1 Å². The molecule has 2 aromatic carbocycles. The predicted octanol–water partition coefficient (Wildman–Crippen LogP) is 4.09. The Balaban J connectivity index is 1.74. The number of hydrogen-bond acceptors (Lipinski definition) is 5. The van der Waals surface area contributed by atoms with Crippen molar-refractivity contribution in [2.24, 2.45) is 0 Å². The minimum atomic E-state index is -2.16. The van der Waals surface area contributed by atoms with E-state index in [1.807, 2.05) is 48.5 Å². The van der Waals surface area contributed by atoms with Crippen molar-refractivity contribution in [3.63, 3.8) is 0 Å². The van der Waals surface area contributed by atoms with Gasteiger partial charge in [0.1, 0.15) is 24.7 Å². The number of hydrogen-bond donors (Lipinski definition) is 0. The molecule has 0 aromatic heterocycles. The first kappa shape index (κ1) is 16.4. The average Bonchev–Trinajstić information content (AvgIpc) is 2.59. The average molecular weight is 321 g/mol. The zero-order valence-electron chi connectivity index (χ0n) is 12.5. The maximum absolute atomic E-state index is 11.7. The van der Waals surface area contributed by atoms with Crippen molar-refractivity contribution in [2.75, 3.05) is 14.2 Å². The van der Waals surface area contributed by atoms with Crippen LogP contribution in [0, 0.1) is 0 Å². The van der Waals surface area contributed by atoms with Crippen molar-refractivity contribution >= 4 is 8.25 Å². The summed E-state index contributed by atoms with van der Waals surface area (Å²) in [7, 11) is 1.05. The molecule has 0 saturated carbocycles. The number of ether oxygens (including phenoxy) is 2. The summed E-state index contributed by atoms with van der Waals surface area (Å²) in [6, 6.07) is 14.7. The minimum Gasteiger partial charge on any atom is -0.497 e. The monoisotopic (exact) mass is 321 g/mol. The second-order valence-electron chi connectivity index (χ2n) is 4.47. The summed E-state index contributed by atoms with van der Waals surface area (Å²) >= 11 is 0. The molecule has 0 atom stereocenters. The first-order valence-electron chi connectivity index (χ1n) is 6.70. The van der Waals surface area contributed by atoms with E-state index in [1.165, 1.54) is 0 Å². The Bertz CT molecular complexity index is 541. The lowest BCUT2D eigenvalue weighted by molar-refractivity contribution is 0.213. The van der Waals surface area contributed by atoms with E-state index < -0.39 is 8.25 Å². The van der Waals surface area contributed by atoms with Crippen LogP contribution in [0.1, 0.15) is 11.1 Å². The van der Waals surface area contributed by atoms with Gasteiger partial charge in [0, 0.05) is 4.57 Å². The second-order valence-corrected chi connectivity index (χ2v) is 5.43. The Kier molecular flexibility index (Phi) is 6.34. The lowest BCUT2D eigenvalue weighted by Gasteiger charge is -2.00. The van der Waals surface area contributed by atoms with Gasteiger partial charge in [-0.1, -0.05) is 24.3 Å². The molecular weight excluding hydrogens is 303 g/mol. The van der Waals surface area contributed by atoms with Crippen molar-refractivity contribution in [1.29, 1.82) is 0 Å². The third kappa shape index (κ3) is 5.11. The quantitative estimate of drug-likeness (QED) is 0.685. The van der Waals surface area contributed by atoms with Crippen molar-refractivity contribution in [1.82, 2.24) is 0 Å². The van der Waals surface area contributed by atoms with Crippen LogP contribution in [-0.4, -0.2) is 14.2 Å². The molecule has 0 bridgehead atoms. The highest BCUT2D eigenvalue weighted by molar-refractivity contribution is 7.33. The van der Waals surface area contributed by atoms with Gasteiger partial charge in [0.2, 0.25) is 0 Å². The Hall–Kier alpha value is -1.94. The summed E-state index contributed by atoms with van der Waals surface area (Å²) in [5, 5.41) is 0. The van der Waals surface area contributed by atoms with Crippen LogP contribution in [0.5, 0.6) is 11.5 Å². The van der Waals surface area contributed by atoms with Crippen molar-refractivity contribution in [2.45, 2.75) is 13.2 Å². The maximum Gasteiger partial charge on any atom is 0.698 e. The Morgan fingerprint density at radius 2 is 1.09 bits per heavy atom. The highest BCUT2D eigenvalue weighted by Gasteiger charge is 2.20. The fourth-order valence-corrected chi connectivity index (χ4v) is 2.32. The second kappa shape index (κ2) is 8.49. The van der Waals surface area contributed by atoms with Crippen LogP contribution in [0.3, 0.4) is 0 Å². The van der Waals surface area contributed by atoms with Crippen LogP contribution in [-0.2, 0) is 26.8 Å². The molecule has 0 saturated heterocycles. The summed E-state index contributed by atoms with van der Waals surface area (Å²) < 4.78 is 32.2. The fraction of sp³-hybridized carbons (Fsp3) is 0.250. The molecule has 2 rings (SSSR count). The number of methoxy groups -OCH3 is 2. The van der Waals surface area contributed by atoms with Gasteiger partial charge in [-0.3, -0.25) is 0 Å². The van der Waals surface area contributed by atoms with E-state index in [9.17, 15) is 4.57 Å². The fourth-order valence-electron chi connectivity index (χ4n) is 1.74. The molecule has 22 heavy (non-hydrogen) atoms. The van der Waals surface area contributed by atoms with E-state index in [-0.39, 0.29) is 13.2 Å².